The highest BCUT2D eigenvalue weighted by Crippen LogP contribution is 2.17. The van der Waals surface area contributed by atoms with E-state index in [9.17, 15) is 9.59 Å². The van der Waals surface area contributed by atoms with Gasteiger partial charge in [0.25, 0.3) is 0 Å². The molecule has 2 N–H and O–H groups in total. The van der Waals surface area contributed by atoms with E-state index < -0.39 is 17.9 Å². The predicted molar refractivity (Wildman–Crippen MR) is 65.9 cm³/mol. The van der Waals surface area contributed by atoms with Crippen molar-refractivity contribution in [1.29, 1.82) is 0 Å². The number of hydrogen-bond acceptors (Lipinski definition) is 2. The Bertz CT molecular complexity index is 248. The van der Waals surface area contributed by atoms with Crippen LogP contribution >= 0.6 is 0 Å². The van der Waals surface area contributed by atoms with Crippen LogP contribution in [-0.2, 0) is 9.59 Å². The van der Waals surface area contributed by atoms with Crippen LogP contribution in [0.15, 0.2) is 12.7 Å². The van der Waals surface area contributed by atoms with Gasteiger partial charge in [0.1, 0.15) is 0 Å². The van der Waals surface area contributed by atoms with Crippen molar-refractivity contribution in [3.05, 3.63) is 12.7 Å². The first-order valence-electron chi connectivity index (χ1n) is 6.13. The Morgan fingerprint density at radius 3 is 2.24 bits per heavy atom. The zero-order chi connectivity index (χ0) is 13.1. The minimum absolute atomic E-state index is 0.0621. The molecule has 0 radical (unpaired) electrons. The first kappa shape index (κ1) is 15.7. The van der Waals surface area contributed by atoms with Gasteiger partial charge in [-0.05, 0) is 25.7 Å². The van der Waals surface area contributed by atoms with Gasteiger partial charge in [-0.15, -0.1) is 6.58 Å². The molecule has 0 saturated carbocycles. The molecule has 0 aromatic heterocycles. The van der Waals surface area contributed by atoms with Crippen molar-refractivity contribution in [3.8, 4) is 0 Å². The van der Waals surface area contributed by atoms with Crippen LogP contribution < -0.4 is 0 Å². The van der Waals surface area contributed by atoms with Crippen molar-refractivity contribution >= 4 is 11.9 Å². The highest BCUT2D eigenvalue weighted by molar-refractivity contribution is 5.72. The first-order valence-corrected chi connectivity index (χ1v) is 6.13. The number of unbranched alkanes of at least 4 members (excludes halogenated alkanes) is 4. The Morgan fingerprint density at radius 1 is 1.06 bits per heavy atom. The van der Waals surface area contributed by atoms with E-state index in [1.54, 1.807) is 0 Å². The van der Waals surface area contributed by atoms with Crippen molar-refractivity contribution in [2.75, 3.05) is 0 Å². The summed E-state index contributed by atoms with van der Waals surface area (Å²) in [5.41, 5.74) is 0. The van der Waals surface area contributed by atoms with Crippen LogP contribution in [0.2, 0.25) is 0 Å². The van der Waals surface area contributed by atoms with Gasteiger partial charge >= 0.3 is 11.9 Å². The summed E-state index contributed by atoms with van der Waals surface area (Å²) in [7, 11) is 0. The second kappa shape index (κ2) is 9.87. The number of carbonyl (C=O) groups is 2. The Hall–Kier alpha value is -1.32. The Balaban J connectivity index is 3.66. The van der Waals surface area contributed by atoms with Gasteiger partial charge < -0.3 is 10.2 Å². The summed E-state index contributed by atoms with van der Waals surface area (Å²) >= 11 is 0. The fraction of sp³-hybridized carbons (Fsp3) is 0.692. The molecule has 0 aromatic rings. The maximum absolute atomic E-state index is 10.9. The highest BCUT2D eigenvalue weighted by atomic mass is 16.4. The predicted octanol–water partition coefficient (Wildman–Crippen LogP) is 3.08. The molecule has 0 bridgehead atoms. The summed E-state index contributed by atoms with van der Waals surface area (Å²) in [5.74, 6) is -2.31. The molecule has 0 unspecified atom stereocenters. The fourth-order valence-electron chi connectivity index (χ4n) is 1.72. The molecule has 17 heavy (non-hydrogen) atoms. The standard InChI is InChI=1S/C13H22O4/c1-2-3-4-5-6-7-8-11(13(16)17)9-10-12(14)15/h2,11H,1,3-10H2,(H,14,15)(H,16,17)/t11-/m0/s1. The number of aliphatic carboxylic acids is 2. The molecular weight excluding hydrogens is 220 g/mol. The Morgan fingerprint density at radius 2 is 1.71 bits per heavy atom. The number of carboxylic acids is 2. The number of carboxylic acid groups (broad SMARTS) is 2. The van der Waals surface area contributed by atoms with Gasteiger partial charge in [-0.1, -0.05) is 25.3 Å². The van der Waals surface area contributed by atoms with E-state index in [1.807, 2.05) is 6.08 Å². The molecule has 0 aliphatic carbocycles. The zero-order valence-electron chi connectivity index (χ0n) is 10.2. The van der Waals surface area contributed by atoms with E-state index >= 15 is 0 Å². The third kappa shape index (κ3) is 9.60. The average molecular weight is 242 g/mol. The number of rotatable bonds is 11. The molecule has 0 amide bonds. The van der Waals surface area contributed by atoms with Gasteiger partial charge in [0.05, 0.1) is 5.92 Å². The normalized spacial score (nSPS) is 12.0. The van der Waals surface area contributed by atoms with Crippen LogP contribution in [0.5, 0.6) is 0 Å². The van der Waals surface area contributed by atoms with Crippen LogP contribution in [-0.4, -0.2) is 22.2 Å². The molecule has 0 saturated heterocycles. The molecular formula is C13H22O4. The largest absolute Gasteiger partial charge is 0.481 e. The molecule has 0 aliphatic rings. The average Bonchev–Trinajstić information content (AvgIpc) is 2.26. The Kier molecular flexibility index (Phi) is 9.11. The van der Waals surface area contributed by atoms with E-state index in [-0.39, 0.29) is 12.8 Å². The minimum Gasteiger partial charge on any atom is -0.481 e. The minimum atomic E-state index is -0.928. The summed E-state index contributed by atoms with van der Waals surface area (Å²) in [6.07, 6.45) is 7.67. The van der Waals surface area contributed by atoms with Gasteiger partial charge in [-0.3, -0.25) is 9.59 Å². The monoisotopic (exact) mass is 242 g/mol. The van der Waals surface area contributed by atoms with Crippen molar-refractivity contribution in [1.82, 2.24) is 0 Å². The third-order valence-corrected chi connectivity index (χ3v) is 2.77. The smallest absolute Gasteiger partial charge is 0.306 e. The van der Waals surface area contributed by atoms with Crippen molar-refractivity contribution in [2.24, 2.45) is 5.92 Å². The maximum Gasteiger partial charge on any atom is 0.306 e. The summed E-state index contributed by atoms with van der Waals surface area (Å²) in [6, 6.07) is 0. The summed E-state index contributed by atoms with van der Waals surface area (Å²) in [6.45, 7) is 3.64. The van der Waals surface area contributed by atoms with Gasteiger partial charge in [0, 0.05) is 6.42 Å². The van der Waals surface area contributed by atoms with Crippen LogP contribution in [0.3, 0.4) is 0 Å². The molecule has 98 valence electrons. The lowest BCUT2D eigenvalue weighted by molar-refractivity contribution is -0.143. The molecule has 0 spiro atoms. The molecule has 0 heterocycles. The Labute approximate surface area is 102 Å². The molecule has 0 aliphatic heterocycles. The maximum atomic E-state index is 10.9. The van der Waals surface area contributed by atoms with Gasteiger partial charge in [0.15, 0.2) is 0 Å². The van der Waals surface area contributed by atoms with Crippen LogP contribution in [0.4, 0.5) is 0 Å². The van der Waals surface area contributed by atoms with Crippen LogP contribution in [0.25, 0.3) is 0 Å². The SMILES string of the molecule is C=CCCCCCC[C@@H](CCC(=O)O)C(=O)O. The van der Waals surface area contributed by atoms with Gasteiger partial charge in [0.2, 0.25) is 0 Å². The summed E-state index contributed by atoms with van der Waals surface area (Å²) in [5, 5.41) is 17.4. The van der Waals surface area contributed by atoms with E-state index in [0.717, 1.165) is 32.1 Å². The molecule has 4 nitrogen and oxygen atoms in total. The van der Waals surface area contributed by atoms with E-state index in [1.165, 1.54) is 0 Å². The summed E-state index contributed by atoms with van der Waals surface area (Å²) in [4.78, 5) is 21.2. The number of hydrogen-bond donors (Lipinski definition) is 2. The lowest BCUT2D eigenvalue weighted by atomic mass is 9.96. The van der Waals surface area contributed by atoms with Crippen LogP contribution in [0.1, 0.15) is 51.4 Å². The number of allylic oxidation sites excluding steroid dienone is 1. The lowest BCUT2D eigenvalue weighted by Gasteiger charge is -2.10. The van der Waals surface area contributed by atoms with Gasteiger partial charge in [-0.25, -0.2) is 0 Å². The van der Waals surface area contributed by atoms with Crippen molar-refractivity contribution < 1.29 is 19.8 Å². The highest BCUT2D eigenvalue weighted by Gasteiger charge is 2.17. The van der Waals surface area contributed by atoms with Crippen molar-refractivity contribution in [3.63, 3.8) is 0 Å². The molecule has 1 atom stereocenters. The quantitative estimate of drug-likeness (QED) is 0.431. The fourth-order valence-corrected chi connectivity index (χ4v) is 1.72. The third-order valence-electron chi connectivity index (χ3n) is 2.77. The molecule has 4 heteroatoms. The van der Waals surface area contributed by atoms with E-state index in [2.05, 4.69) is 6.58 Å². The first-order chi connectivity index (χ1) is 8.07. The molecule has 0 fully saturated rings. The second-order valence-electron chi connectivity index (χ2n) is 4.25. The lowest BCUT2D eigenvalue weighted by Crippen LogP contribution is -2.15. The van der Waals surface area contributed by atoms with E-state index in [4.69, 9.17) is 10.2 Å². The molecule has 0 rings (SSSR count). The van der Waals surface area contributed by atoms with Crippen LogP contribution in [0, 0.1) is 5.92 Å². The zero-order valence-corrected chi connectivity index (χ0v) is 10.2. The second-order valence-corrected chi connectivity index (χ2v) is 4.25. The van der Waals surface area contributed by atoms with Crippen molar-refractivity contribution in [2.45, 2.75) is 51.4 Å². The van der Waals surface area contributed by atoms with Gasteiger partial charge in [-0.2, -0.15) is 0 Å². The topological polar surface area (TPSA) is 74.6 Å². The molecule has 0 aromatic carbocycles. The van der Waals surface area contributed by atoms with E-state index in [0.29, 0.717) is 6.42 Å². The summed E-state index contributed by atoms with van der Waals surface area (Å²) < 4.78 is 0.